The lowest BCUT2D eigenvalue weighted by Gasteiger charge is -2.16. The van der Waals surface area contributed by atoms with E-state index in [1.807, 2.05) is 37.3 Å². The lowest BCUT2D eigenvalue weighted by molar-refractivity contribution is 0.187. The molecule has 6 heteroatoms. The summed E-state index contributed by atoms with van der Waals surface area (Å²) in [5, 5.41) is 8.14. The lowest BCUT2D eigenvalue weighted by Crippen LogP contribution is -2.19. The first-order chi connectivity index (χ1) is 8.22. The van der Waals surface area contributed by atoms with Gasteiger partial charge in [0.2, 0.25) is 5.16 Å². The fourth-order valence-electron chi connectivity index (χ4n) is 1.50. The molecular weight excluding hydrogens is 236 g/mol. The first-order valence-electron chi connectivity index (χ1n) is 5.33. The van der Waals surface area contributed by atoms with Gasteiger partial charge in [-0.15, -0.1) is 22.8 Å². The molecule has 1 aromatic carbocycles. The van der Waals surface area contributed by atoms with Crippen LogP contribution in [0, 0.1) is 0 Å². The van der Waals surface area contributed by atoms with E-state index in [9.17, 15) is 0 Å². The van der Waals surface area contributed by atoms with E-state index in [2.05, 4.69) is 22.8 Å². The Labute approximate surface area is 105 Å². The van der Waals surface area contributed by atoms with Gasteiger partial charge in [0.05, 0.1) is 0 Å². The van der Waals surface area contributed by atoms with E-state index in [1.165, 1.54) is 4.68 Å². The van der Waals surface area contributed by atoms with Crippen molar-refractivity contribution >= 4 is 12.6 Å². The minimum Gasteiger partial charge on any atom is -0.482 e. The number of aromatic nitrogens is 3. The van der Waals surface area contributed by atoms with Crippen molar-refractivity contribution in [1.29, 1.82) is 0 Å². The summed E-state index contributed by atoms with van der Waals surface area (Å²) in [5.74, 6) is 7.12. The van der Waals surface area contributed by atoms with E-state index in [1.54, 1.807) is 0 Å². The van der Waals surface area contributed by atoms with Crippen LogP contribution in [0.2, 0.25) is 0 Å². The Morgan fingerprint density at radius 1 is 1.35 bits per heavy atom. The molecule has 0 amide bonds. The summed E-state index contributed by atoms with van der Waals surface area (Å²) in [6.45, 7) is 2.00. The number of hydrogen-bond acceptors (Lipinski definition) is 5. The highest BCUT2D eigenvalue weighted by Crippen LogP contribution is 2.23. The van der Waals surface area contributed by atoms with Crippen LogP contribution in [-0.2, 0) is 0 Å². The molecule has 17 heavy (non-hydrogen) atoms. The van der Waals surface area contributed by atoms with Gasteiger partial charge in [-0.1, -0.05) is 25.1 Å². The standard InChI is InChI=1S/C11H14N4OS/c1-2-9(10-13-14-11(17)15(10)12)16-8-6-4-3-5-7-8/h3-7,9H,2,12H2,1H3,(H,14,17). The molecule has 1 heterocycles. The van der Waals surface area contributed by atoms with Gasteiger partial charge in [-0.3, -0.25) is 0 Å². The molecular formula is C11H14N4OS. The van der Waals surface area contributed by atoms with Gasteiger partial charge in [0, 0.05) is 0 Å². The van der Waals surface area contributed by atoms with Gasteiger partial charge in [0.15, 0.2) is 11.9 Å². The van der Waals surface area contributed by atoms with Crippen LogP contribution < -0.4 is 10.6 Å². The van der Waals surface area contributed by atoms with Crippen LogP contribution >= 0.6 is 12.6 Å². The second-order valence-corrected chi connectivity index (χ2v) is 3.96. The minimum absolute atomic E-state index is 0.226. The number of hydrogen-bond donors (Lipinski definition) is 2. The summed E-state index contributed by atoms with van der Waals surface area (Å²) in [5.41, 5.74) is 0. The van der Waals surface area contributed by atoms with Gasteiger partial charge in [-0.2, -0.15) is 0 Å². The van der Waals surface area contributed by atoms with Crippen LogP contribution in [-0.4, -0.2) is 14.9 Å². The van der Waals surface area contributed by atoms with Gasteiger partial charge in [-0.25, -0.2) is 4.68 Å². The molecule has 0 spiro atoms. The molecule has 0 aliphatic heterocycles. The van der Waals surface area contributed by atoms with Crippen molar-refractivity contribution in [3.8, 4) is 5.75 Å². The maximum Gasteiger partial charge on any atom is 0.206 e. The fraction of sp³-hybridized carbons (Fsp3) is 0.273. The normalized spacial score (nSPS) is 12.4. The maximum absolute atomic E-state index is 5.81. The summed E-state index contributed by atoms with van der Waals surface area (Å²) in [6.07, 6.45) is 0.522. The largest absolute Gasteiger partial charge is 0.482 e. The van der Waals surface area contributed by atoms with Gasteiger partial charge < -0.3 is 10.6 Å². The number of benzene rings is 1. The molecule has 0 saturated carbocycles. The molecule has 90 valence electrons. The number of ether oxygens (including phenoxy) is 1. The molecule has 0 saturated heterocycles. The minimum atomic E-state index is -0.226. The van der Waals surface area contributed by atoms with Crippen molar-refractivity contribution in [1.82, 2.24) is 14.9 Å². The van der Waals surface area contributed by atoms with Gasteiger partial charge in [0.25, 0.3) is 0 Å². The predicted octanol–water partition coefficient (Wildman–Crippen LogP) is 1.81. The SMILES string of the molecule is CCC(Oc1ccccc1)c1nnc(S)n1N. The summed E-state index contributed by atoms with van der Waals surface area (Å²) in [6, 6.07) is 9.55. The van der Waals surface area contributed by atoms with Gasteiger partial charge >= 0.3 is 0 Å². The number of nitrogens with zero attached hydrogens (tertiary/aromatic N) is 3. The zero-order valence-electron chi connectivity index (χ0n) is 9.45. The average molecular weight is 250 g/mol. The average Bonchev–Trinajstić information content (AvgIpc) is 2.69. The fourth-order valence-corrected chi connectivity index (χ4v) is 1.64. The highest BCUT2D eigenvalue weighted by molar-refractivity contribution is 7.80. The lowest BCUT2D eigenvalue weighted by atomic mass is 10.2. The summed E-state index contributed by atoms with van der Waals surface area (Å²) in [4.78, 5) is 0. The van der Waals surface area contributed by atoms with Gasteiger partial charge in [0.1, 0.15) is 5.75 Å². The first kappa shape index (κ1) is 11.8. The molecule has 1 aromatic heterocycles. The van der Waals surface area contributed by atoms with Crippen molar-refractivity contribution in [3.05, 3.63) is 36.2 Å². The Morgan fingerprint density at radius 2 is 2.06 bits per heavy atom. The third kappa shape index (κ3) is 2.52. The molecule has 5 nitrogen and oxygen atoms in total. The maximum atomic E-state index is 5.81. The highest BCUT2D eigenvalue weighted by Gasteiger charge is 2.19. The Hall–Kier alpha value is -1.69. The summed E-state index contributed by atoms with van der Waals surface area (Å²) in [7, 11) is 0. The quantitative estimate of drug-likeness (QED) is 0.641. The van der Waals surface area contributed by atoms with Crippen molar-refractivity contribution in [3.63, 3.8) is 0 Å². The van der Waals surface area contributed by atoms with Crippen molar-refractivity contribution in [2.45, 2.75) is 24.6 Å². The van der Waals surface area contributed by atoms with Crippen molar-refractivity contribution in [2.75, 3.05) is 5.84 Å². The molecule has 0 bridgehead atoms. The molecule has 2 rings (SSSR count). The van der Waals surface area contributed by atoms with E-state index in [4.69, 9.17) is 10.6 Å². The zero-order chi connectivity index (χ0) is 12.3. The summed E-state index contributed by atoms with van der Waals surface area (Å²) >= 11 is 4.09. The molecule has 2 N–H and O–H groups in total. The molecule has 0 aliphatic carbocycles. The van der Waals surface area contributed by atoms with E-state index >= 15 is 0 Å². The Morgan fingerprint density at radius 3 is 2.59 bits per heavy atom. The topological polar surface area (TPSA) is 66.0 Å². The number of nitrogen functional groups attached to an aromatic ring is 1. The van der Waals surface area contributed by atoms with Crippen LogP contribution in [0.15, 0.2) is 35.5 Å². The molecule has 1 unspecified atom stereocenters. The van der Waals surface area contributed by atoms with Crippen LogP contribution in [0.3, 0.4) is 0 Å². The molecule has 0 aliphatic rings. The molecule has 0 radical (unpaired) electrons. The molecule has 2 aromatic rings. The van der Waals surface area contributed by atoms with E-state index in [0.717, 1.165) is 12.2 Å². The van der Waals surface area contributed by atoms with Crippen LogP contribution in [0.25, 0.3) is 0 Å². The predicted molar refractivity (Wildman–Crippen MR) is 67.5 cm³/mol. The Kier molecular flexibility index (Phi) is 3.53. The third-order valence-electron chi connectivity index (χ3n) is 2.38. The van der Waals surface area contributed by atoms with E-state index < -0.39 is 0 Å². The van der Waals surface area contributed by atoms with Crippen LogP contribution in [0.4, 0.5) is 0 Å². The smallest absolute Gasteiger partial charge is 0.206 e. The second-order valence-electron chi connectivity index (χ2n) is 3.56. The van der Waals surface area contributed by atoms with Gasteiger partial charge in [-0.05, 0) is 18.6 Å². The zero-order valence-corrected chi connectivity index (χ0v) is 10.3. The van der Waals surface area contributed by atoms with Crippen molar-refractivity contribution < 1.29 is 4.74 Å². The van der Waals surface area contributed by atoms with Crippen LogP contribution in [0.5, 0.6) is 5.75 Å². The van der Waals surface area contributed by atoms with E-state index in [-0.39, 0.29) is 6.10 Å². The number of para-hydroxylation sites is 1. The van der Waals surface area contributed by atoms with Crippen LogP contribution in [0.1, 0.15) is 25.3 Å². The summed E-state index contributed by atoms with van der Waals surface area (Å²) < 4.78 is 7.14. The number of thiol groups is 1. The molecule has 0 fully saturated rings. The van der Waals surface area contributed by atoms with Crippen molar-refractivity contribution in [2.24, 2.45) is 0 Å². The third-order valence-corrected chi connectivity index (χ3v) is 2.69. The number of rotatable bonds is 4. The molecule has 1 atom stereocenters. The second kappa shape index (κ2) is 5.09. The highest BCUT2D eigenvalue weighted by atomic mass is 32.1. The Balaban J connectivity index is 2.20. The monoisotopic (exact) mass is 250 g/mol. The number of nitrogens with two attached hydrogens (primary N) is 1. The Bertz CT molecular complexity index is 485. The van der Waals surface area contributed by atoms with E-state index in [0.29, 0.717) is 11.0 Å². The first-order valence-corrected chi connectivity index (χ1v) is 5.78.